The number of anilines is 1. The summed E-state index contributed by atoms with van der Waals surface area (Å²) in [6.45, 7) is 5.08. The molecule has 0 amide bonds. The minimum atomic E-state index is 0.179. The first-order valence-electron chi connectivity index (χ1n) is 5.76. The van der Waals surface area contributed by atoms with Crippen LogP contribution in [0, 0.1) is 11.8 Å². The van der Waals surface area contributed by atoms with E-state index in [9.17, 15) is 5.11 Å². The van der Waals surface area contributed by atoms with Gasteiger partial charge in [-0.05, 0) is 18.1 Å². The summed E-state index contributed by atoms with van der Waals surface area (Å²) >= 11 is 6.11. The molecule has 3 nitrogen and oxygen atoms in total. The Morgan fingerprint density at radius 3 is 2.59 bits per heavy atom. The third-order valence-electron chi connectivity index (χ3n) is 2.91. The zero-order valence-corrected chi connectivity index (χ0v) is 11.3. The summed E-state index contributed by atoms with van der Waals surface area (Å²) < 4.78 is 5.08. The van der Waals surface area contributed by atoms with Crippen LogP contribution in [0.2, 0.25) is 5.02 Å². The van der Waals surface area contributed by atoms with Gasteiger partial charge in [-0.2, -0.15) is 0 Å². The van der Waals surface area contributed by atoms with E-state index in [0.717, 1.165) is 11.4 Å². The van der Waals surface area contributed by atoms with Crippen LogP contribution in [-0.4, -0.2) is 25.4 Å². The van der Waals surface area contributed by atoms with Crippen LogP contribution in [0.25, 0.3) is 0 Å². The van der Waals surface area contributed by atoms with Crippen LogP contribution in [-0.2, 0) is 0 Å². The van der Waals surface area contributed by atoms with Gasteiger partial charge in [0.05, 0.1) is 17.8 Å². The lowest BCUT2D eigenvalue weighted by Crippen LogP contribution is -2.23. The van der Waals surface area contributed by atoms with E-state index in [1.54, 1.807) is 13.2 Å². The molecule has 0 aliphatic carbocycles. The lowest BCUT2D eigenvalue weighted by molar-refractivity contribution is 0.198. The van der Waals surface area contributed by atoms with Gasteiger partial charge < -0.3 is 15.2 Å². The summed E-state index contributed by atoms with van der Waals surface area (Å²) in [5.41, 5.74) is 0.867. The van der Waals surface area contributed by atoms with Crippen LogP contribution in [0.1, 0.15) is 13.8 Å². The van der Waals surface area contributed by atoms with Gasteiger partial charge in [0.2, 0.25) is 0 Å². The van der Waals surface area contributed by atoms with Gasteiger partial charge in [-0.25, -0.2) is 0 Å². The summed E-state index contributed by atoms with van der Waals surface area (Å²) in [5.74, 6) is 1.40. The largest absolute Gasteiger partial charge is 0.497 e. The van der Waals surface area contributed by atoms with Gasteiger partial charge in [-0.15, -0.1) is 0 Å². The number of benzene rings is 1. The summed E-state index contributed by atoms with van der Waals surface area (Å²) in [5, 5.41) is 13.1. The van der Waals surface area contributed by atoms with Crippen LogP contribution in [0.5, 0.6) is 5.75 Å². The Kier molecular flexibility index (Phi) is 5.59. The molecule has 0 radical (unpaired) electrons. The molecule has 0 saturated heterocycles. The summed E-state index contributed by atoms with van der Waals surface area (Å²) in [7, 11) is 1.61. The van der Waals surface area contributed by atoms with E-state index in [4.69, 9.17) is 16.3 Å². The molecule has 0 heterocycles. The fourth-order valence-corrected chi connectivity index (χ4v) is 1.76. The van der Waals surface area contributed by atoms with E-state index in [-0.39, 0.29) is 12.5 Å². The number of aliphatic hydroxyl groups excluding tert-OH is 1. The molecule has 1 aromatic rings. The lowest BCUT2D eigenvalue weighted by Gasteiger charge is -2.20. The Hall–Kier alpha value is -0.930. The third kappa shape index (κ3) is 4.10. The van der Waals surface area contributed by atoms with Gasteiger partial charge in [-0.1, -0.05) is 25.4 Å². The number of ether oxygens (including phenoxy) is 1. The second kappa shape index (κ2) is 6.72. The van der Waals surface area contributed by atoms with Gasteiger partial charge in [0.15, 0.2) is 0 Å². The minimum Gasteiger partial charge on any atom is -0.497 e. The average molecular weight is 258 g/mol. The van der Waals surface area contributed by atoms with Gasteiger partial charge >= 0.3 is 0 Å². The van der Waals surface area contributed by atoms with E-state index >= 15 is 0 Å². The monoisotopic (exact) mass is 257 g/mol. The van der Waals surface area contributed by atoms with Crippen molar-refractivity contribution in [3.8, 4) is 5.75 Å². The maximum Gasteiger partial charge on any atom is 0.120 e. The molecule has 0 fully saturated rings. The van der Waals surface area contributed by atoms with Crippen molar-refractivity contribution in [1.82, 2.24) is 0 Å². The van der Waals surface area contributed by atoms with Crippen molar-refractivity contribution in [1.29, 1.82) is 0 Å². The zero-order valence-electron chi connectivity index (χ0n) is 10.5. The molecule has 0 aliphatic heterocycles. The Morgan fingerprint density at radius 1 is 1.41 bits per heavy atom. The maximum atomic E-state index is 9.23. The highest BCUT2D eigenvalue weighted by molar-refractivity contribution is 6.33. The smallest absolute Gasteiger partial charge is 0.120 e. The molecule has 1 rings (SSSR count). The van der Waals surface area contributed by atoms with E-state index in [1.165, 1.54) is 0 Å². The van der Waals surface area contributed by atoms with Gasteiger partial charge in [-0.3, -0.25) is 0 Å². The van der Waals surface area contributed by atoms with E-state index in [2.05, 4.69) is 19.2 Å². The van der Waals surface area contributed by atoms with Gasteiger partial charge in [0.25, 0.3) is 0 Å². The van der Waals surface area contributed by atoms with Crippen molar-refractivity contribution < 1.29 is 9.84 Å². The van der Waals surface area contributed by atoms with E-state index in [0.29, 0.717) is 17.5 Å². The second-order valence-electron chi connectivity index (χ2n) is 4.41. The van der Waals surface area contributed by atoms with Crippen molar-refractivity contribution >= 4 is 17.3 Å². The SMILES string of the molecule is COc1ccc(NCC(CO)C(C)C)c(Cl)c1. The average Bonchev–Trinajstić information content (AvgIpc) is 2.31. The first-order valence-corrected chi connectivity index (χ1v) is 6.14. The number of methoxy groups -OCH3 is 1. The highest BCUT2D eigenvalue weighted by atomic mass is 35.5. The molecule has 4 heteroatoms. The molecule has 0 saturated carbocycles. The Balaban J connectivity index is 2.63. The predicted molar refractivity (Wildman–Crippen MR) is 71.9 cm³/mol. The topological polar surface area (TPSA) is 41.5 Å². The summed E-state index contributed by atoms with van der Waals surface area (Å²) in [4.78, 5) is 0. The lowest BCUT2D eigenvalue weighted by atomic mass is 9.97. The van der Waals surface area contributed by atoms with Gasteiger partial charge in [0, 0.05) is 25.1 Å². The van der Waals surface area contributed by atoms with Crippen LogP contribution in [0.15, 0.2) is 18.2 Å². The molecule has 96 valence electrons. The van der Waals surface area contributed by atoms with Crippen LogP contribution in [0.3, 0.4) is 0 Å². The summed E-state index contributed by atoms with van der Waals surface area (Å²) in [6, 6.07) is 5.51. The molecule has 0 bridgehead atoms. The van der Waals surface area contributed by atoms with Crippen LogP contribution in [0.4, 0.5) is 5.69 Å². The quantitative estimate of drug-likeness (QED) is 0.823. The Morgan fingerprint density at radius 2 is 2.12 bits per heavy atom. The molecule has 1 unspecified atom stereocenters. The van der Waals surface area contributed by atoms with Crippen LogP contribution >= 0.6 is 11.6 Å². The molecule has 1 aromatic carbocycles. The molecule has 2 N–H and O–H groups in total. The highest BCUT2D eigenvalue weighted by Crippen LogP contribution is 2.27. The number of hydrogen-bond acceptors (Lipinski definition) is 3. The number of halogens is 1. The van der Waals surface area contributed by atoms with Crippen molar-refractivity contribution in [2.45, 2.75) is 13.8 Å². The molecular formula is C13H20ClNO2. The number of hydrogen-bond donors (Lipinski definition) is 2. The van der Waals surface area contributed by atoms with Crippen molar-refractivity contribution in [2.75, 3.05) is 25.6 Å². The highest BCUT2D eigenvalue weighted by Gasteiger charge is 2.12. The van der Waals surface area contributed by atoms with Crippen molar-refractivity contribution in [3.05, 3.63) is 23.2 Å². The second-order valence-corrected chi connectivity index (χ2v) is 4.82. The van der Waals surface area contributed by atoms with E-state index in [1.807, 2.05) is 12.1 Å². The standard InChI is InChI=1S/C13H20ClNO2/c1-9(2)10(8-16)7-15-13-5-4-11(17-3)6-12(13)14/h4-6,9-10,15-16H,7-8H2,1-3H3. The zero-order chi connectivity index (χ0) is 12.8. The maximum absolute atomic E-state index is 9.23. The third-order valence-corrected chi connectivity index (χ3v) is 3.22. The fraction of sp³-hybridized carbons (Fsp3) is 0.538. The minimum absolute atomic E-state index is 0.179. The first kappa shape index (κ1) is 14.1. The predicted octanol–water partition coefficient (Wildman–Crippen LogP) is 3.03. The number of aliphatic hydroxyl groups is 1. The normalized spacial score (nSPS) is 12.6. The van der Waals surface area contributed by atoms with E-state index < -0.39 is 0 Å². The molecule has 0 aliphatic rings. The first-order chi connectivity index (χ1) is 8.08. The van der Waals surface area contributed by atoms with Crippen molar-refractivity contribution in [3.63, 3.8) is 0 Å². The number of rotatable bonds is 6. The van der Waals surface area contributed by atoms with Gasteiger partial charge in [0.1, 0.15) is 5.75 Å². The Labute approximate surface area is 108 Å². The number of nitrogens with one attached hydrogen (secondary N) is 1. The van der Waals surface area contributed by atoms with Crippen molar-refractivity contribution in [2.24, 2.45) is 11.8 Å². The molecular weight excluding hydrogens is 238 g/mol. The summed E-state index contributed by atoms with van der Waals surface area (Å²) in [6.07, 6.45) is 0. The fourth-order valence-electron chi connectivity index (χ4n) is 1.52. The van der Waals surface area contributed by atoms with Crippen LogP contribution < -0.4 is 10.1 Å². The molecule has 0 aromatic heterocycles. The molecule has 17 heavy (non-hydrogen) atoms. The molecule has 0 spiro atoms. The molecule has 1 atom stereocenters. The Bertz CT molecular complexity index is 355.